The summed E-state index contributed by atoms with van der Waals surface area (Å²) in [5.74, 6) is 1.81. The molecule has 4 rings (SSSR count). The Bertz CT molecular complexity index is 749. The van der Waals surface area contributed by atoms with E-state index in [4.69, 9.17) is 0 Å². The average molecular weight is 319 g/mol. The summed E-state index contributed by atoms with van der Waals surface area (Å²) in [4.78, 5) is 13.6. The number of hydrogen-bond donors (Lipinski definition) is 0. The van der Waals surface area contributed by atoms with Crippen LogP contribution in [0.3, 0.4) is 0 Å². The molecule has 2 heteroatoms. The van der Waals surface area contributed by atoms with Gasteiger partial charge in [-0.05, 0) is 49.0 Å². The third-order valence-electron chi connectivity index (χ3n) is 6.03. The Morgan fingerprint density at radius 3 is 2.62 bits per heavy atom. The summed E-state index contributed by atoms with van der Waals surface area (Å²) < 4.78 is 0. The molecule has 0 bridgehead atoms. The predicted octanol–water partition coefficient (Wildman–Crippen LogP) is 4.38. The van der Waals surface area contributed by atoms with Crippen molar-refractivity contribution in [2.75, 3.05) is 19.6 Å². The fraction of sp³-hybridized carbons (Fsp3) is 0.409. The van der Waals surface area contributed by atoms with Crippen LogP contribution in [-0.4, -0.2) is 30.8 Å². The number of likely N-dealkylation sites (N-methyl/N-ethyl adjacent to an activating group) is 1. The lowest BCUT2D eigenvalue weighted by molar-refractivity contribution is 0.112. The summed E-state index contributed by atoms with van der Waals surface area (Å²) in [5.41, 5.74) is 6.53. The van der Waals surface area contributed by atoms with Gasteiger partial charge in [0.2, 0.25) is 0 Å². The zero-order valence-corrected chi connectivity index (χ0v) is 14.5. The third kappa shape index (κ3) is 2.50. The first-order valence-electron chi connectivity index (χ1n) is 9.09. The van der Waals surface area contributed by atoms with Gasteiger partial charge in [-0.25, -0.2) is 0 Å². The zero-order chi connectivity index (χ0) is 16.7. The van der Waals surface area contributed by atoms with Gasteiger partial charge in [-0.15, -0.1) is 0 Å². The van der Waals surface area contributed by atoms with Crippen molar-refractivity contribution in [1.82, 2.24) is 4.90 Å². The van der Waals surface area contributed by atoms with Gasteiger partial charge >= 0.3 is 0 Å². The molecule has 0 aromatic heterocycles. The third-order valence-corrected chi connectivity index (χ3v) is 6.03. The number of piperidine rings is 1. The van der Waals surface area contributed by atoms with Crippen molar-refractivity contribution < 1.29 is 4.79 Å². The molecule has 2 aromatic rings. The molecule has 1 fully saturated rings. The van der Waals surface area contributed by atoms with E-state index in [9.17, 15) is 4.79 Å². The highest BCUT2D eigenvalue weighted by Gasteiger charge is 2.43. The Labute approximate surface area is 144 Å². The Balaban J connectivity index is 1.78. The van der Waals surface area contributed by atoms with Crippen molar-refractivity contribution in [1.29, 1.82) is 0 Å². The summed E-state index contributed by atoms with van der Waals surface area (Å²) in [6.07, 6.45) is 2.19. The van der Waals surface area contributed by atoms with Crippen molar-refractivity contribution in [3.05, 3.63) is 70.3 Å². The summed E-state index contributed by atoms with van der Waals surface area (Å²) >= 11 is 0. The van der Waals surface area contributed by atoms with E-state index in [1.807, 2.05) is 12.1 Å². The number of aldehydes is 1. The van der Waals surface area contributed by atoms with E-state index in [0.717, 1.165) is 18.4 Å². The molecular weight excluding hydrogens is 294 g/mol. The molecule has 0 radical (unpaired) electrons. The second kappa shape index (κ2) is 6.18. The highest BCUT2D eigenvalue weighted by atomic mass is 16.1. The second-order valence-corrected chi connectivity index (χ2v) is 7.35. The number of rotatable bonds is 3. The van der Waals surface area contributed by atoms with E-state index in [2.05, 4.69) is 49.1 Å². The fourth-order valence-electron chi connectivity index (χ4n) is 4.79. The highest BCUT2D eigenvalue weighted by Crippen LogP contribution is 2.53. The van der Waals surface area contributed by atoms with Crippen LogP contribution in [0.15, 0.2) is 42.5 Å². The van der Waals surface area contributed by atoms with Gasteiger partial charge in [-0.2, -0.15) is 0 Å². The lowest BCUT2D eigenvalue weighted by Gasteiger charge is -2.37. The molecule has 2 aliphatic rings. The lowest BCUT2D eigenvalue weighted by atomic mass is 9.78. The van der Waals surface area contributed by atoms with Crippen LogP contribution in [0.1, 0.15) is 57.8 Å². The molecule has 1 saturated heterocycles. The molecule has 124 valence electrons. The van der Waals surface area contributed by atoms with Crippen LogP contribution in [0.2, 0.25) is 0 Å². The molecule has 24 heavy (non-hydrogen) atoms. The van der Waals surface area contributed by atoms with Crippen LogP contribution >= 0.6 is 0 Å². The number of benzene rings is 2. The van der Waals surface area contributed by atoms with Crippen molar-refractivity contribution in [3.8, 4) is 0 Å². The van der Waals surface area contributed by atoms with Crippen LogP contribution in [-0.2, 0) is 0 Å². The van der Waals surface area contributed by atoms with E-state index < -0.39 is 0 Å². The predicted molar refractivity (Wildman–Crippen MR) is 97.8 cm³/mol. The molecule has 0 saturated carbocycles. The molecule has 0 unspecified atom stereocenters. The van der Waals surface area contributed by atoms with Crippen LogP contribution in [0.5, 0.6) is 0 Å². The van der Waals surface area contributed by atoms with E-state index in [-0.39, 0.29) is 0 Å². The maximum Gasteiger partial charge on any atom is 0.150 e. The van der Waals surface area contributed by atoms with Gasteiger partial charge in [0.05, 0.1) is 0 Å². The summed E-state index contributed by atoms with van der Waals surface area (Å²) in [5, 5.41) is 0. The Kier molecular flexibility index (Phi) is 4.01. The quantitative estimate of drug-likeness (QED) is 0.783. The van der Waals surface area contributed by atoms with Crippen LogP contribution in [0, 0.1) is 12.8 Å². The van der Waals surface area contributed by atoms with Crippen molar-refractivity contribution >= 4 is 6.29 Å². The largest absolute Gasteiger partial charge is 0.303 e. The topological polar surface area (TPSA) is 20.3 Å². The number of aryl methyl sites for hydroxylation is 1. The molecule has 0 spiro atoms. The molecule has 1 aliphatic heterocycles. The minimum atomic E-state index is 0.476. The highest BCUT2D eigenvalue weighted by molar-refractivity contribution is 5.74. The number of carbonyl (C=O) groups is 1. The SMILES string of the molecule is CCN1CC[C@H]2[C@H](c3ccc(C=O)cc3)c3cc(C)ccc3[C@H]2C1. The first kappa shape index (κ1) is 15.6. The second-order valence-electron chi connectivity index (χ2n) is 7.35. The molecule has 2 nitrogen and oxygen atoms in total. The Morgan fingerprint density at radius 2 is 1.92 bits per heavy atom. The normalized spacial score (nSPS) is 26.0. The van der Waals surface area contributed by atoms with Gasteiger partial charge < -0.3 is 4.90 Å². The first-order valence-corrected chi connectivity index (χ1v) is 9.09. The van der Waals surface area contributed by atoms with Gasteiger partial charge in [0.1, 0.15) is 6.29 Å². The standard InChI is InChI=1S/C22H25NO/c1-3-23-11-10-19-21(13-23)18-9-4-15(2)12-20(18)22(19)17-7-5-16(14-24)6-8-17/h4-9,12,14,19,21-22H,3,10-11,13H2,1-2H3/t19-,21-,22+/m1/s1. The number of hydrogen-bond acceptors (Lipinski definition) is 2. The minimum Gasteiger partial charge on any atom is -0.303 e. The maximum absolute atomic E-state index is 11.0. The van der Waals surface area contributed by atoms with Gasteiger partial charge in [0.15, 0.2) is 0 Å². The van der Waals surface area contributed by atoms with Gasteiger partial charge in [-0.3, -0.25) is 4.79 Å². The minimum absolute atomic E-state index is 0.476. The number of carbonyl (C=O) groups excluding carboxylic acids is 1. The zero-order valence-electron chi connectivity index (χ0n) is 14.5. The Morgan fingerprint density at radius 1 is 1.12 bits per heavy atom. The van der Waals surface area contributed by atoms with Crippen molar-refractivity contribution in [2.45, 2.75) is 32.1 Å². The van der Waals surface area contributed by atoms with Gasteiger partial charge in [-0.1, -0.05) is 55.0 Å². The van der Waals surface area contributed by atoms with Gasteiger partial charge in [0, 0.05) is 23.9 Å². The van der Waals surface area contributed by atoms with Crippen molar-refractivity contribution in [3.63, 3.8) is 0 Å². The van der Waals surface area contributed by atoms with Gasteiger partial charge in [0.25, 0.3) is 0 Å². The van der Waals surface area contributed by atoms with Crippen LogP contribution < -0.4 is 0 Å². The van der Waals surface area contributed by atoms with E-state index >= 15 is 0 Å². The number of fused-ring (bicyclic) bond motifs is 3. The lowest BCUT2D eigenvalue weighted by Crippen LogP contribution is -2.38. The molecule has 2 aromatic carbocycles. The fourth-order valence-corrected chi connectivity index (χ4v) is 4.79. The summed E-state index contributed by atoms with van der Waals surface area (Å²) in [7, 11) is 0. The van der Waals surface area contributed by atoms with Crippen LogP contribution in [0.4, 0.5) is 0 Å². The monoisotopic (exact) mass is 319 g/mol. The van der Waals surface area contributed by atoms with E-state index in [0.29, 0.717) is 17.8 Å². The molecule has 3 atom stereocenters. The van der Waals surface area contributed by atoms with Crippen LogP contribution in [0.25, 0.3) is 0 Å². The van der Waals surface area contributed by atoms with Crippen molar-refractivity contribution in [2.24, 2.45) is 5.92 Å². The molecule has 0 amide bonds. The molecule has 1 aliphatic carbocycles. The number of nitrogens with zero attached hydrogens (tertiary/aromatic N) is 1. The molecule has 0 N–H and O–H groups in total. The molecular formula is C22H25NO. The smallest absolute Gasteiger partial charge is 0.150 e. The van der Waals surface area contributed by atoms with E-state index in [1.54, 1.807) is 5.56 Å². The summed E-state index contributed by atoms with van der Waals surface area (Å²) in [6.45, 7) is 7.98. The molecule has 1 heterocycles. The van der Waals surface area contributed by atoms with E-state index in [1.165, 1.54) is 36.2 Å². The first-order chi connectivity index (χ1) is 11.7. The average Bonchev–Trinajstić information content (AvgIpc) is 2.94. The Hall–Kier alpha value is -1.93. The maximum atomic E-state index is 11.0. The summed E-state index contributed by atoms with van der Waals surface area (Å²) in [6, 6.07) is 15.3. The number of likely N-dealkylation sites (tertiary alicyclic amines) is 1.